The highest BCUT2D eigenvalue weighted by Gasteiger charge is 2.17. The van der Waals surface area contributed by atoms with Gasteiger partial charge in [-0.05, 0) is 19.1 Å². The SMILES string of the molecule is Cc1[nH]nc2oc3c(O)ccc(O)c3c12. The number of phenols is 2. The van der Waals surface area contributed by atoms with Gasteiger partial charge >= 0.3 is 0 Å². The second kappa shape index (κ2) is 2.44. The molecule has 3 N–H and O–H groups in total. The highest BCUT2D eigenvalue weighted by molar-refractivity contribution is 6.10. The van der Waals surface area contributed by atoms with E-state index in [1.807, 2.05) is 6.92 Å². The minimum atomic E-state index is 0.000185. The van der Waals surface area contributed by atoms with E-state index in [1.165, 1.54) is 12.1 Å². The van der Waals surface area contributed by atoms with Gasteiger partial charge in [0.1, 0.15) is 5.75 Å². The van der Waals surface area contributed by atoms with Crippen LogP contribution in [0.1, 0.15) is 5.69 Å². The van der Waals surface area contributed by atoms with Crippen molar-refractivity contribution in [2.24, 2.45) is 0 Å². The monoisotopic (exact) mass is 204 g/mol. The van der Waals surface area contributed by atoms with Crippen molar-refractivity contribution in [2.45, 2.75) is 6.92 Å². The van der Waals surface area contributed by atoms with Gasteiger partial charge in [-0.15, -0.1) is 5.10 Å². The number of rotatable bonds is 0. The predicted molar refractivity (Wildman–Crippen MR) is 53.9 cm³/mol. The molecule has 0 saturated heterocycles. The van der Waals surface area contributed by atoms with Gasteiger partial charge in [-0.25, -0.2) is 0 Å². The minimum Gasteiger partial charge on any atom is -0.507 e. The lowest BCUT2D eigenvalue weighted by Gasteiger charge is -1.96. The van der Waals surface area contributed by atoms with Crippen LogP contribution in [0.3, 0.4) is 0 Å². The third-order valence-corrected chi connectivity index (χ3v) is 2.48. The zero-order valence-corrected chi connectivity index (χ0v) is 7.90. The molecule has 0 radical (unpaired) electrons. The molecule has 15 heavy (non-hydrogen) atoms. The van der Waals surface area contributed by atoms with Crippen molar-refractivity contribution in [3.8, 4) is 11.5 Å². The summed E-state index contributed by atoms with van der Waals surface area (Å²) in [6.07, 6.45) is 0. The van der Waals surface area contributed by atoms with Crippen LogP contribution in [0, 0.1) is 6.92 Å². The zero-order chi connectivity index (χ0) is 10.6. The molecule has 0 fully saturated rings. The Hall–Kier alpha value is -2.17. The summed E-state index contributed by atoms with van der Waals surface area (Å²) in [5.74, 6) is 0.0752. The highest BCUT2D eigenvalue weighted by atomic mass is 16.4. The van der Waals surface area contributed by atoms with E-state index in [0.29, 0.717) is 16.5 Å². The number of aromatic hydroxyl groups is 2. The Balaban J connectivity index is 2.68. The van der Waals surface area contributed by atoms with Crippen LogP contribution in [0.4, 0.5) is 0 Å². The number of benzene rings is 1. The van der Waals surface area contributed by atoms with Crippen LogP contribution in [0.15, 0.2) is 16.5 Å². The first-order valence-electron chi connectivity index (χ1n) is 4.46. The Bertz CT molecular complexity index is 666. The first kappa shape index (κ1) is 8.16. The quantitative estimate of drug-likeness (QED) is 0.489. The van der Waals surface area contributed by atoms with E-state index in [-0.39, 0.29) is 17.1 Å². The molecule has 0 atom stereocenters. The summed E-state index contributed by atoms with van der Waals surface area (Å²) in [4.78, 5) is 0. The Morgan fingerprint density at radius 2 is 1.93 bits per heavy atom. The number of hydrogen-bond donors (Lipinski definition) is 3. The van der Waals surface area contributed by atoms with Crippen LogP contribution in [-0.4, -0.2) is 20.4 Å². The normalized spacial score (nSPS) is 11.5. The van der Waals surface area contributed by atoms with Crippen LogP contribution in [0.5, 0.6) is 11.5 Å². The average Bonchev–Trinajstić information content (AvgIpc) is 2.74. The maximum Gasteiger partial charge on any atom is 0.246 e. The maximum absolute atomic E-state index is 9.71. The van der Waals surface area contributed by atoms with E-state index >= 15 is 0 Å². The van der Waals surface area contributed by atoms with Gasteiger partial charge in [0, 0.05) is 5.69 Å². The molecule has 76 valence electrons. The standard InChI is InChI=1S/C10H8N2O3/c1-4-7-8-5(13)2-3-6(14)9(8)15-10(7)12-11-4/h2-3,13-14H,1H3,(H,11,12). The first-order chi connectivity index (χ1) is 7.18. The van der Waals surface area contributed by atoms with Crippen molar-refractivity contribution >= 4 is 22.1 Å². The van der Waals surface area contributed by atoms with Crippen LogP contribution >= 0.6 is 0 Å². The summed E-state index contributed by atoms with van der Waals surface area (Å²) < 4.78 is 5.33. The lowest BCUT2D eigenvalue weighted by Crippen LogP contribution is -1.74. The molecule has 5 nitrogen and oxygen atoms in total. The number of aromatic nitrogens is 2. The fourth-order valence-corrected chi connectivity index (χ4v) is 1.78. The van der Waals surface area contributed by atoms with Gasteiger partial charge < -0.3 is 14.6 Å². The van der Waals surface area contributed by atoms with Crippen LogP contribution < -0.4 is 0 Å². The first-order valence-corrected chi connectivity index (χ1v) is 4.46. The molecule has 0 aliphatic carbocycles. The molecule has 0 unspecified atom stereocenters. The second-order valence-corrected chi connectivity index (χ2v) is 3.44. The second-order valence-electron chi connectivity index (χ2n) is 3.44. The van der Waals surface area contributed by atoms with Gasteiger partial charge in [0.2, 0.25) is 5.71 Å². The molecule has 3 rings (SSSR count). The third-order valence-electron chi connectivity index (χ3n) is 2.48. The minimum absolute atomic E-state index is 0.000185. The lowest BCUT2D eigenvalue weighted by atomic mass is 10.1. The fraction of sp³-hybridized carbons (Fsp3) is 0.100. The zero-order valence-electron chi connectivity index (χ0n) is 7.90. The molecular weight excluding hydrogens is 196 g/mol. The molecule has 1 aromatic carbocycles. The predicted octanol–water partition coefficient (Wildman–Crippen LogP) is 2.03. The number of hydrogen-bond acceptors (Lipinski definition) is 4. The maximum atomic E-state index is 9.71. The molecule has 0 aliphatic heterocycles. The molecule has 5 heteroatoms. The molecule has 2 aromatic heterocycles. The van der Waals surface area contributed by atoms with Gasteiger partial charge in [-0.3, -0.25) is 5.10 Å². The Morgan fingerprint density at radius 1 is 1.20 bits per heavy atom. The van der Waals surface area contributed by atoms with Crippen LogP contribution in [0.25, 0.3) is 22.1 Å². The van der Waals surface area contributed by atoms with Gasteiger partial charge in [0.25, 0.3) is 0 Å². The summed E-state index contributed by atoms with van der Waals surface area (Å²) in [5, 5.41) is 27.2. The topological polar surface area (TPSA) is 82.3 Å². The van der Waals surface area contributed by atoms with E-state index in [9.17, 15) is 10.2 Å². The molecule has 3 aromatic rings. The number of furan rings is 1. The number of H-pyrrole nitrogens is 1. The van der Waals surface area contributed by atoms with Crippen molar-refractivity contribution in [3.05, 3.63) is 17.8 Å². The number of nitrogens with zero attached hydrogens (tertiary/aromatic N) is 1. The van der Waals surface area contributed by atoms with E-state index in [1.54, 1.807) is 0 Å². The highest BCUT2D eigenvalue weighted by Crippen LogP contribution is 2.39. The van der Waals surface area contributed by atoms with Gasteiger partial charge in [-0.2, -0.15) is 0 Å². The molecule has 0 saturated carbocycles. The van der Waals surface area contributed by atoms with Crippen LogP contribution in [0.2, 0.25) is 0 Å². The van der Waals surface area contributed by atoms with Crippen molar-refractivity contribution in [1.29, 1.82) is 0 Å². The van der Waals surface area contributed by atoms with E-state index < -0.39 is 0 Å². The summed E-state index contributed by atoms with van der Waals surface area (Å²) in [6, 6.07) is 2.82. The summed E-state index contributed by atoms with van der Waals surface area (Å²) in [6.45, 7) is 1.83. The van der Waals surface area contributed by atoms with Crippen LogP contribution in [-0.2, 0) is 0 Å². The molecule has 0 spiro atoms. The Morgan fingerprint density at radius 3 is 2.73 bits per heavy atom. The van der Waals surface area contributed by atoms with Crippen molar-refractivity contribution < 1.29 is 14.6 Å². The number of aromatic amines is 1. The summed E-state index contributed by atoms with van der Waals surface area (Å²) in [7, 11) is 0. The molecule has 2 heterocycles. The number of aryl methyl sites for hydroxylation is 1. The fourth-order valence-electron chi connectivity index (χ4n) is 1.78. The smallest absolute Gasteiger partial charge is 0.246 e. The Kier molecular flexibility index (Phi) is 1.33. The van der Waals surface area contributed by atoms with E-state index in [0.717, 1.165) is 5.69 Å². The number of fused-ring (bicyclic) bond motifs is 3. The average molecular weight is 204 g/mol. The summed E-state index contributed by atoms with van der Waals surface area (Å²) in [5.41, 5.74) is 1.45. The van der Waals surface area contributed by atoms with E-state index in [2.05, 4.69) is 10.2 Å². The lowest BCUT2D eigenvalue weighted by molar-refractivity contribution is 0.459. The van der Waals surface area contributed by atoms with E-state index in [4.69, 9.17) is 4.42 Å². The molecular formula is C10H8N2O3. The third kappa shape index (κ3) is 0.890. The van der Waals surface area contributed by atoms with Crippen molar-refractivity contribution in [1.82, 2.24) is 10.2 Å². The molecule has 0 aliphatic rings. The van der Waals surface area contributed by atoms with Crippen molar-refractivity contribution in [2.75, 3.05) is 0 Å². The van der Waals surface area contributed by atoms with Crippen molar-refractivity contribution in [3.63, 3.8) is 0 Å². The Labute approximate surface area is 83.9 Å². The largest absolute Gasteiger partial charge is 0.507 e. The molecule has 0 bridgehead atoms. The van der Waals surface area contributed by atoms with Gasteiger partial charge in [0.05, 0.1) is 10.8 Å². The van der Waals surface area contributed by atoms with Gasteiger partial charge in [0.15, 0.2) is 11.3 Å². The van der Waals surface area contributed by atoms with Gasteiger partial charge in [-0.1, -0.05) is 0 Å². The molecule has 0 amide bonds. The number of phenolic OH excluding ortho intramolecular Hbond substituents is 2. The summed E-state index contributed by atoms with van der Waals surface area (Å²) >= 11 is 0. The number of nitrogens with one attached hydrogen (secondary N) is 1.